The summed E-state index contributed by atoms with van der Waals surface area (Å²) in [5.74, 6) is 0.751. The molecular weight excluding hydrogens is 274 g/mol. The van der Waals surface area contributed by atoms with Crippen LogP contribution in [0.3, 0.4) is 0 Å². The van der Waals surface area contributed by atoms with Gasteiger partial charge in [-0.2, -0.15) is 0 Å². The summed E-state index contributed by atoms with van der Waals surface area (Å²) in [6, 6.07) is 12.5. The van der Waals surface area contributed by atoms with Gasteiger partial charge in [-0.25, -0.2) is 0 Å². The van der Waals surface area contributed by atoms with Crippen molar-refractivity contribution in [1.82, 2.24) is 5.32 Å². The summed E-state index contributed by atoms with van der Waals surface area (Å²) in [6.07, 6.45) is 4.57. The molecule has 22 heavy (non-hydrogen) atoms. The molecule has 1 fully saturated rings. The molecule has 1 N–H and O–H groups in total. The first kappa shape index (κ1) is 13.4. The van der Waals surface area contributed by atoms with E-state index in [1.807, 2.05) is 18.2 Å². The first-order valence-electron chi connectivity index (χ1n) is 7.89. The van der Waals surface area contributed by atoms with Crippen LogP contribution in [0.1, 0.15) is 25.3 Å². The van der Waals surface area contributed by atoms with Crippen molar-refractivity contribution in [1.29, 1.82) is 0 Å². The lowest BCUT2D eigenvalue weighted by Crippen LogP contribution is -2.35. The number of amides is 1. The summed E-state index contributed by atoms with van der Waals surface area (Å²) in [7, 11) is 0. The summed E-state index contributed by atoms with van der Waals surface area (Å²) in [4.78, 5) is 12.3. The highest BCUT2D eigenvalue weighted by atomic mass is 16.3. The second kappa shape index (κ2) is 5.16. The Morgan fingerprint density at radius 3 is 2.91 bits per heavy atom. The Morgan fingerprint density at radius 1 is 1.27 bits per heavy atom. The van der Waals surface area contributed by atoms with Gasteiger partial charge >= 0.3 is 0 Å². The molecule has 0 radical (unpaired) electrons. The summed E-state index contributed by atoms with van der Waals surface area (Å²) in [5.41, 5.74) is 1.81. The first-order chi connectivity index (χ1) is 10.7. The maximum absolute atomic E-state index is 12.3. The average Bonchev–Trinajstić information content (AvgIpc) is 3.30. The van der Waals surface area contributed by atoms with E-state index in [0.29, 0.717) is 12.3 Å². The zero-order valence-electron chi connectivity index (χ0n) is 12.6. The number of carbonyl (C=O) groups is 1. The quantitative estimate of drug-likeness (QED) is 0.788. The Morgan fingerprint density at radius 2 is 2.09 bits per heavy atom. The number of benzene rings is 2. The van der Waals surface area contributed by atoms with Crippen LogP contribution in [-0.2, 0) is 11.2 Å². The molecule has 3 nitrogen and oxygen atoms in total. The van der Waals surface area contributed by atoms with Crippen LogP contribution in [0.4, 0.5) is 0 Å². The zero-order valence-corrected chi connectivity index (χ0v) is 12.6. The molecule has 3 aromatic rings. The van der Waals surface area contributed by atoms with E-state index in [4.69, 9.17) is 4.42 Å². The standard InChI is InChI=1S/C19H19NO2/c1-12(13-6-7-13)20-18(21)10-15-11-22-17-9-8-14-4-2-3-5-16(14)19(15)17/h2-5,8-9,11-13H,6-7,10H2,1H3,(H,20,21)/t12-/m0/s1. The second-order valence-electron chi connectivity index (χ2n) is 6.29. The molecule has 2 aromatic carbocycles. The van der Waals surface area contributed by atoms with Crippen molar-refractivity contribution >= 4 is 27.6 Å². The minimum atomic E-state index is 0.0787. The van der Waals surface area contributed by atoms with Gasteiger partial charge in [0.05, 0.1) is 12.7 Å². The van der Waals surface area contributed by atoms with Crippen molar-refractivity contribution < 1.29 is 9.21 Å². The molecule has 0 bridgehead atoms. The van der Waals surface area contributed by atoms with Gasteiger partial charge in [-0.15, -0.1) is 0 Å². The summed E-state index contributed by atoms with van der Waals surface area (Å²) >= 11 is 0. The van der Waals surface area contributed by atoms with E-state index in [0.717, 1.165) is 21.9 Å². The molecule has 3 heteroatoms. The number of hydrogen-bond donors (Lipinski definition) is 1. The molecule has 1 saturated carbocycles. The van der Waals surface area contributed by atoms with E-state index in [-0.39, 0.29) is 11.9 Å². The SMILES string of the molecule is C[C@H](NC(=O)Cc1coc2ccc3ccccc3c12)C1CC1. The van der Waals surface area contributed by atoms with Gasteiger partial charge in [0.15, 0.2) is 0 Å². The van der Waals surface area contributed by atoms with Crippen molar-refractivity contribution in [2.24, 2.45) is 5.92 Å². The van der Waals surface area contributed by atoms with Crippen LogP contribution >= 0.6 is 0 Å². The molecule has 1 aliphatic rings. The maximum Gasteiger partial charge on any atom is 0.224 e. The van der Waals surface area contributed by atoms with E-state index < -0.39 is 0 Å². The van der Waals surface area contributed by atoms with Gasteiger partial charge in [0.2, 0.25) is 5.91 Å². The molecule has 112 valence electrons. The lowest BCUT2D eigenvalue weighted by atomic mass is 10.0. The fraction of sp³-hybridized carbons (Fsp3) is 0.316. The molecule has 0 aliphatic heterocycles. The smallest absolute Gasteiger partial charge is 0.224 e. The first-order valence-corrected chi connectivity index (χ1v) is 7.89. The van der Waals surface area contributed by atoms with Gasteiger partial charge in [-0.1, -0.05) is 30.3 Å². The molecule has 0 saturated heterocycles. The Hall–Kier alpha value is -2.29. The van der Waals surface area contributed by atoms with Crippen molar-refractivity contribution in [3.05, 3.63) is 48.2 Å². The van der Waals surface area contributed by atoms with E-state index in [1.54, 1.807) is 6.26 Å². The van der Waals surface area contributed by atoms with Crippen molar-refractivity contribution in [2.75, 3.05) is 0 Å². The van der Waals surface area contributed by atoms with Gasteiger partial charge < -0.3 is 9.73 Å². The van der Waals surface area contributed by atoms with E-state index in [9.17, 15) is 4.79 Å². The van der Waals surface area contributed by atoms with Crippen LogP contribution in [0.2, 0.25) is 0 Å². The number of carbonyl (C=O) groups excluding carboxylic acids is 1. The fourth-order valence-electron chi connectivity index (χ4n) is 3.20. The molecule has 1 amide bonds. The second-order valence-corrected chi connectivity index (χ2v) is 6.29. The number of nitrogens with one attached hydrogen (secondary N) is 1. The predicted octanol–water partition coefficient (Wildman–Crippen LogP) is 4.04. The number of fused-ring (bicyclic) bond motifs is 3. The number of furan rings is 1. The van der Waals surface area contributed by atoms with Crippen LogP contribution < -0.4 is 5.32 Å². The van der Waals surface area contributed by atoms with Gasteiger partial charge in [0.1, 0.15) is 5.58 Å². The third-order valence-electron chi connectivity index (χ3n) is 4.61. The summed E-state index contributed by atoms with van der Waals surface area (Å²) in [5, 5.41) is 6.49. The highest BCUT2D eigenvalue weighted by Crippen LogP contribution is 2.33. The van der Waals surface area contributed by atoms with Crippen molar-refractivity contribution in [2.45, 2.75) is 32.2 Å². The third-order valence-corrected chi connectivity index (χ3v) is 4.61. The lowest BCUT2D eigenvalue weighted by Gasteiger charge is -2.12. The Balaban J connectivity index is 1.66. The van der Waals surface area contributed by atoms with Crippen LogP contribution in [0.15, 0.2) is 47.1 Å². The fourth-order valence-corrected chi connectivity index (χ4v) is 3.20. The molecule has 1 aromatic heterocycles. The topological polar surface area (TPSA) is 42.2 Å². The highest BCUT2D eigenvalue weighted by Gasteiger charge is 2.29. The van der Waals surface area contributed by atoms with Crippen LogP contribution in [0, 0.1) is 5.92 Å². The van der Waals surface area contributed by atoms with E-state index >= 15 is 0 Å². The summed E-state index contributed by atoms with van der Waals surface area (Å²) in [6.45, 7) is 2.10. The van der Waals surface area contributed by atoms with Gasteiger partial charge in [0.25, 0.3) is 0 Å². The largest absolute Gasteiger partial charge is 0.464 e. The lowest BCUT2D eigenvalue weighted by molar-refractivity contribution is -0.121. The Bertz CT molecular complexity index is 845. The predicted molar refractivity (Wildman–Crippen MR) is 87.8 cm³/mol. The molecule has 1 atom stereocenters. The molecular formula is C19H19NO2. The number of hydrogen-bond acceptors (Lipinski definition) is 2. The Labute approximate surface area is 129 Å². The highest BCUT2D eigenvalue weighted by molar-refractivity contribution is 6.08. The van der Waals surface area contributed by atoms with Gasteiger partial charge in [0, 0.05) is 17.0 Å². The van der Waals surface area contributed by atoms with Crippen molar-refractivity contribution in [3.63, 3.8) is 0 Å². The maximum atomic E-state index is 12.3. The molecule has 0 spiro atoms. The van der Waals surface area contributed by atoms with Crippen LogP contribution in [0.25, 0.3) is 21.7 Å². The monoisotopic (exact) mass is 293 g/mol. The molecule has 1 heterocycles. The average molecular weight is 293 g/mol. The third kappa shape index (κ3) is 2.37. The van der Waals surface area contributed by atoms with Crippen LogP contribution in [0.5, 0.6) is 0 Å². The molecule has 1 aliphatic carbocycles. The Kier molecular flexibility index (Phi) is 3.14. The minimum absolute atomic E-state index is 0.0787. The normalized spacial score (nSPS) is 16.0. The van der Waals surface area contributed by atoms with Crippen molar-refractivity contribution in [3.8, 4) is 0 Å². The van der Waals surface area contributed by atoms with Gasteiger partial charge in [-0.3, -0.25) is 4.79 Å². The number of rotatable bonds is 4. The molecule has 4 rings (SSSR count). The van der Waals surface area contributed by atoms with Crippen LogP contribution in [-0.4, -0.2) is 11.9 Å². The molecule has 0 unspecified atom stereocenters. The van der Waals surface area contributed by atoms with E-state index in [1.165, 1.54) is 18.2 Å². The van der Waals surface area contributed by atoms with Gasteiger partial charge in [-0.05, 0) is 42.5 Å². The van der Waals surface area contributed by atoms with E-state index in [2.05, 4.69) is 30.4 Å². The summed E-state index contributed by atoms with van der Waals surface area (Å²) < 4.78 is 5.64. The zero-order chi connectivity index (χ0) is 15.1. The minimum Gasteiger partial charge on any atom is -0.464 e.